The molecular weight excluding hydrogens is 664 g/mol. The van der Waals surface area contributed by atoms with Crippen molar-refractivity contribution in [3.8, 4) is 0 Å². The molecule has 4 unspecified atom stereocenters. The molecule has 19 nitrogen and oxygen atoms in total. The molecule has 1 rings (SSSR count). The molecule has 0 aromatic rings. The maximum Gasteiger partial charge on any atom is 0.328 e. The second-order valence-electron chi connectivity index (χ2n) is 11.8. The zero-order valence-corrected chi connectivity index (χ0v) is 28.7. The summed E-state index contributed by atoms with van der Waals surface area (Å²) in [6, 6.07) is -2.94. The van der Waals surface area contributed by atoms with Gasteiger partial charge in [-0.1, -0.05) is 5.57 Å². The highest BCUT2D eigenvalue weighted by molar-refractivity contribution is 5.97. The van der Waals surface area contributed by atoms with Crippen LogP contribution < -0.4 is 16.0 Å². The van der Waals surface area contributed by atoms with Gasteiger partial charge >= 0.3 is 5.97 Å². The van der Waals surface area contributed by atoms with Gasteiger partial charge in [0, 0.05) is 52.1 Å². The SMILES string of the molecule is CC(=O)NC(CCCN([O-])C(C)=O)C(=O)OCC/C(C)=C\C(=O)N([O-])CCCC1NC(=O)C(CCCN([O-])C(=O)/C=C(/C)C(O)CO)NC1=O. The first-order chi connectivity index (χ1) is 23.5. The molecule has 50 heavy (non-hydrogen) atoms. The summed E-state index contributed by atoms with van der Waals surface area (Å²) in [4.78, 5) is 84.2. The number of aliphatic hydroxyl groups excluding tert-OH is 2. The smallest absolute Gasteiger partial charge is 0.328 e. The van der Waals surface area contributed by atoms with Gasteiger partial charge in [0.25, 0.3) is 0 Å². The van der Waals surface area contributed by atoms with Gasteiger partial charge in [0.2, 0.25) is 35.4 Å². The van der Waals surface area contributed by atoms with Crippen molar-refractivity contribution in [3.05, 3.63) is 38.9 Å². The topological polar surface area (TPSA) is 284 Å². The average molecular weight is 712 g/mol. The van der Waals surface area contributed by atoms with Crippen molar-refractivity contribution >= 4 is 41.4 Å². The van der Waals surface area contributed by atoms with Crippen LogP contribution in [-0.2, 0) is 38.3 Å². The predicted molar refractivity (Wildman–Crippen MR) is 176 cm³/mol. The van der Waals surface area contributed by atoms with Crippen molar-refractivity contribution in [2.75, 3.05) is 32.8 Å². The summed E-state index contributed by atoms with van der Waals surface area (Å²) >= 11 is 0. The molecule has 0 radical (unpaired) electrons. The summed E-state index contributed by atoms with van der Waals surface area (Å²) in [5.41, 5.74) is 0.534. The molecule has 1 aliphatic heterocycles. The van der Waals surface area contributed by atoms with Crippen LogP contribution in [0.3, 0.4) is 0 Å². The van der Waals surface area contributed by atoms with E-state index < -0.39 is 72.2 Å². The van der Waals surface area contributed by atoms with E-state index in [0.717, 1.165) is 19.1 Å². The monoisotopic (exact) mass is 711 g/mol. The largest absolute Gasteiger partial charge is 0.756 e. The van der Waals surface area contributed by atoms with Crippen molar-refractivity contribution in [2.24, 2.45) is 0 Å². The lowest BCUT2D eigenvalue weighted by molar-refractivity contribution is -0.147. The molecule has 0 saturated carbocycles. The Hall–Kier alpha value is -4.43. The van der Waals surface area contributed by atoms with E-state index >= 15 is 0 Å². The number of carbonyl (C=O) groups excluding carboxylic acids is 7. The summed E-state index contributed by atoms with van der Waals surface area (Å²) in [6.45, 7) is 3.75. The van der Waals surface area contributed by atoms with Gasteiger partial charge in [-0.3, -0.25) is 28.8 Å². The number of aliphatic hydroxyl groups is 2. The third kappa shape index (κ3) is 16.3. The minimum atomic E-state index is -1.27. The van der Waals surface area contributed by atoms with Crippen molar-refractivity contribution < 1.29 is 48.5 Å². The van der Waals surface area contributed by atoms with Crippen LogP contribution >= 0.6 is 0 Å². The van der Waals surface area contributed by atoms with Crippen molar-refractivity contribution in [2.45, 2.75) is 96.9 Å². The highest BCUT2D eigenvalue weighted by Crippen LogP contribution is 2.11. The molecule has 1 heterocycles. The fraction of sp³-hybridized carbons (Fsp3) is 0.645. The number of hydrogen-bond acceptors (Lipinski definition) is 13. The molecule has 5 N–H and O–H groups in total. The first-order valence-electron chi connectivity index (χ1n) is 16.1. The normalized spacial score (nSPS) is 17.5. The van der Waals surface area contributed by atoms with E-state index in [1.54, 1.807) is 6.92 Å². The van der Waals surface area contributed by atoms with Gasteiger partial charge in [0.05, 0.1) is 19.3 Å². The van der Waals surface area contributed by atoms with Crippen molar-refractivity contribution in [1.82, 2.24) is 31.1 Å². The second kappa shape index (κ2) is 22.3. The number of ether oxygens (including phenoxy) is 1. The second-order valence-corrected chi connectivity index (χ2v) is 11.8. The lowest BCUT2D eigenvalue weighted by atomic mass is 10.0. The van der Waals surface area contributed by atoms with E-state index in [1.807, 2.05) is 0 Å². The maximum atomic E-state index is 12.5. The Kier molecular flexibility index (Phi) is 19.5. The standard InChI is InChI=1S/C31H47N6O13/c1-19(11-15-50-31(46)25(32-21(3)39)10-7-12-35(47)22(4)40)16-27(42)36(48)13-5-8-23-29(44)34-24(30(45)33-23)9-6-14-37(49)28(43)17-20(2)26(41)18-38/h16-17,23-26,38,41H,5-15,18H2,1-4H3,(H,32,39)(H,33,45)(H,34,44)/q-3/b19-16-,20-17-. The van der Waals surface area contributed by atoms with Crippen LogP contribution in [-0.4, -0.2) is 124 Å². The number of amides is 6. The molecule has 1 aliphatic rings. The number of piperazine rings is 1. The maximum absolute atomic E-state index is 12.5. The fourth-order valence-corrected chi connectivity index (χ4v) is 4.55. The number of nitrogens with zero attached hydrogens (tertiary/aromatic N) is 3. The fourth-order valence-electron chi connectivity index (χ4n) is 4.55. The van der Waals surface area contributed by atoms with E-state index in [2.05, 4.69) is 16.0 Å². The quantitative estimate of drug-likeness (QED) is 0.0543. The van der Waals surface area contributed by atoms with Crippen LogP contribution in [0.4, 0.5) is 0 Å². The van der Waals surface area contributed by atoms with Crippen molar-refractivity contribution in [1.29, 1.82) is 0 Å². The van der Waals surface area contributed by atoms with Crippen LogP contribution in [0.2, 0.25) is 0 Å². The Labute approximate surface area is 289 Å². The zero-order valence-electron chi connectivity index (χ0n) is 28.7. The van der Waals surface area contributed by atoms with Gasteiger partial charge in [-0.15, -0.1) is 0 Å². The molecule has 19 heteroatoms. The van der Waals surface area contributed by atoms with Gasteiger partial charge in [-0.2, -0.15) is 0 Å². The molecule has 282 valence electrons. The minimum Gasteiger partial charge on any atom is -0.756 e. The molecule has 0 bridgehead atoms. The van der Waals surface area contributed by atoms with Gasteiger partial charge in [-0.25, -0.2) is 4.79 Å². The van der Waals surface area contributed by atoms with Crippen LogP contribution in [0, 0.1) is 15.6 Å². The van der Waals surface area contributed by atoms with Gasteiger partial charge in [-0.05, 0) is 57.9 Å². The molecule has 0 aromatic heterocycles. The Morgan fingerprint density at radius 1 is 0.840 bits per heavy atom. The zero-order chi connectivity index (χ0) is 38.0. The van der Waals surface area contributed by atoms with Crippen LogP contribution in [0.1, 0.15) is 72.6 Å². The summed E-state index contributed by atoms with van der Waals surface area (Å²) in [6.07, 6.45) is 1.28. The summed E-state index contributed by atoms with van der Waals surface area (Å²) < 4.78 is 5.17. The number of hydrogen-bond donors (Lipinski definition) is 5. The Morgan fingerprint density at radius 3 is 1.82 bits per heavy atom. The Balaban J connectivity index is 2.45. The Morgan fingerprint density at radius 2 is 1.34 bits per heavy atom. The molecule has 6 amide bonds. The number of hydroxylamine groups is 6. The van der Waals surface area contributed by atoms with E-state index in [4.69, 9.17) is 9.84 Å². The molecule has 1 fully saturated rings. The number of rotatable bonds is 21. The van der Waals surface area contributed by atoms with Crippen LogP contribution in [0.15, 0.2) is 23.3 Å². The molecule has 0 spiro atoms. The van der Waals surface area contributed by atoms with Crippen molar-refractivity contribution in [3.63, 3.8) is 0 Å². The number of nitrogens with one attached hydrogen (secondary N) is 3. The lowest BCUT2D eigenvalue weighted by Gasteiger charge is -2.32. The molecule has 0 aliphatic carbocycles. The molecule has 4 atom stereocenters. The number of esters is 1. The van der Waals surface area contributed by atoms with Gasteiger partial charge in [0.1, 0.15) is 18.1 Å². The molecular formula is C31H47N6O13-3. The van der Waals surface area contributed by atoms with E-state index in [1.165, 1.54) is 13.8 Å². The van der Waals surface area contributed by atoms with Gasteiger partial charge < -0.3 is 61.7 Å². The van der Waals surface area contributed by atoms with Crippen LogP contribution in [0.5, 0.6) is 0 Å². The summed E-state index contributed by atoms with van der Waals surface area (Å²) in [5, 5.41) is 62.1. The average Bonchev–Trinajstić information content (AvgIpc) is 3.04. The highest BCUT2D eigenvalue weighted by Gasteiger charge is 2.33. The van der Waals surface area contributed by atoms with Gasteiger partial charge in [0.15, 0.2) is 0 Å². The highest BCUT2D eigenvalue weighted by atomic mass is 16.5. The molecule has 1 saturated heterocycles. The van der Waals surface area contributed by atoms with E-state index in [-0.39, 0.29) is 91.9 Å². The summed E-state index contributed by atoms with van der Waals surface area (Å²) in [7, 11) is 0. The molecule has 0 aromatic carbocycles. The van der Waals surface area contributed by atoms with E-state index in [9.17, 15) is 54.3 Å². The third-order valence-corrected chi connectivity index (χ3v) is 7.49. The lowest BCUT2D eigenvalue weighted by Crippen LogP contribution is -2.61. The first-order valence-corrected chi connectivity index (χ1v) is 16.1. The van der Waals surface area contributed by atoms with Crippen LogP contribution in [0.25, 0.3) is 0 Å². The predicted octanol–water partition coefficient (Wildman–Crippen LogP) is -1.01. The first kappa shape index (κ1) is 43.6. The Bertz CT molecular complexity index is 1270. The summed E-state index contributed by atoms with van der Waals surface area (Å²) in [5.74, 6) is -4.79. The number of carbonyl (C=O) groups is 7. The third-order valence-electron chi connectivity index (χ3n) is 7.49. The van der Waals surface area contributed by atoms with E-state index in [0.29, 0.717) is 5.57 Å². The minimum absolute atomic E-state index is 0.0551.